The summed E-state index contributed by atoms with van der Waals surface area (Å²) in [5.41, 5.74) is 1.72. The molecule has 0 saturated carbocycles. The van der Waals surface area contributed by atoms with Crippen LogP contribution in [-0.2, 0) is 6.42 Å². The normalized spacial score (nSPS) is 11.7. The lowest BCUT2D eigenvalue weighted by Gasteiger charge is -2.15. The van der Waals surface area contributed by atoms with E-state index in [1.165, 1.54) is 24.3 Å². The monoisotopic (exact) mass is 272 g/mol. The Bertz CT molecular complexity index is 630. The highest BCUT2D eigenvalue weighted by molar-refractivity contribution is 5.50. The second-order valence-electron chi connectivity index (χ2n) is 4.68. The molecular formula is C16H14F2N2. The zero-order chi connectivity index (χ0) is 14.5. The van der Waals surface area contributed by atoms with Crippen molar-refractivity contribution in [3.63, 3.8) is 0 Å². The quantitative estimate of drug-likeness (QED) is 0.916. The lowest BCUT2D eigenvalue weighted by Crippen LogP contribution is -2.18. The van der Waals surface area contributed by atoms with Crippen LogP contribution in [0.25, 0.3) is 0 Å². The van der Waals surface area contributed by atoms with E-state index in [-0.39, 0.29) is 17.4 Å². The van der Waals surface area contributed by atoms with Gasteiger partial charge in [-0.3, -0.25) is 0 Å². The molecule has 1 unspecified atom stereocenters. The molecule has 0 spiro atoms. The van der Waals surface area contributed by atoms with E-state index in [1.807, 2.05) is 13.0 Å². The molecule has 2 nitrogen and oxygen atoms in total. The molecule has 0 aliphatic carbocycles. The molecule has 2 rings (SSSR count). The lowest BCUT2D eigenvalue weighted by atomic mass is 10.1. The molecule has 0 heterocycles. The van der Waals surface area contributed by atoms with Crippen molar-refractivity contribution in [3.05, 3.63) is 65.2 Å². The number of hydrogen-bond donors (Lipinski definition) is 1. The first-order chi connectivity index (χ1) is 9.58. The van der Waals surface area contributed by atoms with Crippen molar-refractivity contribution in [2.45, 2.75) is 19.4 Å². The van der Waals surface area contributed by atoms with Crippen LogP contribution in [0.4, 0.5) is 14.5 Å². The number of halogens is 2. The fourth-order valence-electron chi connectivity index (χ4n) is 2.01. The Morgan fingerprint density at radius 1 is 1.15 bits per heavy atom. The van der Waals surface area contributed by atoms with Crippen molar-refractivity contribution in [2.24, 2.45) is 0 Å². The van der Waals surface area contributed by atoms with Gasteiger partial charge in [0.05, 0.1) is 5.56 Å². The summed E-state index contributed by atoms with van der Waals surface area (Å²) < 4.78 is 26.0. The average Bonchev–Trinajstić information content (AvgIpc) is 2.43. The van der Waals surface area contributed by atoms with Gasteiger partial charge in [0.1, 0.15) is 17.7 Å². The average molecular weight is 272 g/mol. The van der Waals surface area contributed by atoms with Gasteiger partial charge < -0.3 is 5.32 Å². The minimum Gasteiger partial charge on any atom is -0.382 e. The van der Waals surface area contributed by atoms with E-state index in [0.717, 1.165) is 5.56 Å². The largest absolute Gasteiger partial charge is 0.382 e. The number of nitrogens with zero attached hydrogens (tertiary/aromatic N) is 1. The van der Waals surface area contributed by atoms with E-state index >= 15 is 0 Å². The van der Waals surface area contributed by atoms with Crippen molar-refractivity contribution in [3.8, 4) is 6.07 Å². The van der Waals surface area contributed by atoms with Gasteiger partial charge in [-0.15, -0.1) is 0 Å². The molecule has 102 valence electrons. The number of benzene rings is 2. The number of hydrogen-bond acceptors (Lipinski definition) is 2. The van der Waals surface area contributed by atoms with Gasteiger partial charge in [-0.05, 0) is 49.2 Å². The summed E-state index contributed by atoms with van der Waals surface area (Å²) in [4.78, 5) is 0. The van der Waals surface area contributed by atoms with Crippen molar-refractivity contribution >= 4 is 5.69 Å². The Kier molecular flexibility index (Phi) is 4.31. The van der Waals surface area contributed by atoms with Crippen molar-refractivity contribution in [2.75, 3.05) is 5.32 Å². The van der Waals surface area contributed by atoms with Crippen LogP contribution >= 0.6 is 0 Å². The molecule has 0 saturated heterocycles. The number of nitrogens with one attached hydrogen (secondary N) is 1. The number of rotatable bonds is 4. The highest BCUT2D eigenvalue weighted by atomic mass is 19.1. The molecule has 1 N–H and O–H groups in total. The van der Waals surface area contributed by atoms with Crippen LogP contribution < -0.4 is 5.32 Å². The summed E-state index contributed by atoms with van der Waals surface area (Å²) >= 11 is 0. The Labute approximate surface area is 116 Å². The van der Waals surface area contributed by atoms with E-state index in [0.29, 0.717) is 12.1 Å². The Hall–Kier alpha value is -2.41. The SMILES string of the molecule is CC(Cc1ccc(F)cc1)Nc1ccc(F)c(C#N)c1. The fraction of sp³-hybridized carbons (Fsp3) is 0.188. The molecule has 0 aliphatic rings. The second-order valence-corrected chi connectivity index (χ2v) is 4.68. The highest BCUT2D eigenvalue weighted by Gasteiger charge is 2.07. The maximum atomic E-state index is 13.2. The minimum atomic E-state index is -0.524. The van der Waals surface area contributed by atoms with Crippen LogP contribution in [0, 0.1) is 23.0 Å². The molecule has 0 bridgehead atoms. The summed E-state index contributed by atoms with van der Waals surface area (Å²) in [5.74, 6) is -0.782. The first-order valence-electron chi connectivity index (χ1n) is 6.29. The smallest absolute Gasteiger partial charge is 0.141 e. The van der Waals surface area contributed by atoms with E-state index in [2.05, 4.69) is 5.32 Å². The summed E-state index contributed by atoms with van der Waals surface area (Å²) in [6.07, 6.45) is 0.708. The predicted octanol–water partition coefficient (Wildman–Crippen LogP) is 3.88. The maximum absolute atomic E-state index is 13.2. The van der Waals surface area contributed by atoms with Gasteiger partial charge >= 0.3 is 0 Å². The topological polar surface area (TPSA) is 35.8 Å². The molecule has 0 aromatic heterocycles. The fourth-order valence-corrected chi connectivity index (χ4v) is 2.01. The molecule has 20 heavy (non-hydrogen) atoms. The molecule has 2 aromatic carbocycles. The van der Waals surface area contributed by atoms with Gasteiger partial charge in [-0.25, -0.2) is 8.78 Å². The van der Waals surface area contributed by atoms with E-state index in [9.17, 15) is 8.78 Å². The zero-order valence-corrected chi connectivity index (χ0v) is 11.0. The summed E-state index contributed by atoms with van der Waals surface area (Å²) in [7, 11) is 0. The van der Waals surface area contributed by atoms with Crippen LogP contribution in [0.1, 0.15) is 18.1 Å². The maximum Gasteiger partial charge on any atom is 0.141 e. The summed E-state index contributed by atoms with van der Waals surface area (Å²) in [6, 6.07) is 12.6. The van der Waals surface area contributed by atoms with Crippen LogP contribution in [-0.4, -0.2) is 6.04 Å². The molecular weight excluding hydrogens is 258 g/mol. The Balaban J connectivity index is 2.03. The van der Waals surface area contributed by atoms with Gasteiger partial charge in [0.25, 0.3) is 0 Å². The van der Waals surface area contributed by atoms with Gasteiger partial charge in [-0.1, -0.05) is 12.1 Å². The van der Waals surface area contributed by atoms with Crippen LogP contribution in [0.2, 0.25) is 0 Å². The summed E-state index contributed by atoms with van der Waals surface area (Å²) in [6.45, 7) is 1.97. The summed E-state index contributed by atoms with van der Waals surface area (Å²) in [5, 5.41) is 12.0. The molecule has 0 radical (unpaired) electrons. The Morgan fingerprint density at radius 3 is 2.50 bits per heavy atom. The van der Waals surface area contributed by atoms with Crippen LogP contribution in [0.15, 0.2) is 42.5 Å². The third kappa shape index (κ3) is 3.55. The van der Waals surface area contributed by atoms with E-state index < -0.39 is 5.82 Å². The van der Waals surface area contributed by atoms with Gasteiger partial charge in [0, 0.05) is 11.7 Å². The van der Waals surface area contributed by atoms with Crippen molar-refractivity contribution in [1.82, 2.24) is 0 Å². The van der Waals surface area contributed by atoms with Gasteiger partial charge in [0.15, 0.2) is 0 Å². The van der Waals surface area contributed by atoms with Gasteiger partial charge in [0.2, 0.25) is 0 Å². The molecule has 1 atom stereocenters. The van der Waals surface area contributed by atoms with E-state index in [4.69, 9.17) is 5.26 Å². The molecule has 4 heteroatoms. The molecule has 0 fully saturated rings. The van der Waals surface area contributed by atoms with Crippen molar-refractivity contribution < 1.29 is 8.78 Å². The van der Waals surface area contributed by atoms with Gasteiger partial charge in [-0.2, -0.15) is 5.26 Å². The second kappa shape index (κ2) is 6.16. The molecule has 2 aromatic rings. The standard InChI is InChI=1S/C16H14F2N2/c1-11(8-12-2-4-14(17)5-3-12)20-15-6-7-16(18)13(9-15)10-19/h2-7,9,11,20H,8H2,1H3. The predicted molar refractivity (Wildman–Crippen MR) is 74.3 cm³/mol. The zero-order valence-electron chi connectivity index (χ0n) is 11.0. The van der Waals surface area contributed by atoms with Crippen LogP contribution in [0.5, 0.6) is 0 Å². The third-order valence-corrected chi connectivity index (χ3v) is 2.96. The van der Waals surface area contributed by atoms with Crippen LogP contribution in [0.3, 0.4) is 0 Å². The Morgan fingerprint density at radius 2 is 1.85 bits per heavy atom. The lowest BCUT2D eigenvalue weighted by molar-refractivity contribution is 0.624. The minimum absolute atomic E-state index is 0.0176. The third-order valence-electron chi connectivity index (χ3n) is 2.96. The first kappa shape index (κ1) is 14.0. The van der Waals surface area contributed by atoms with E-state index in [1.54, 1.807) is 18.2 Å². The number of nitriles is 1. The molecule has 0 aliphatic heterocycles. The first-order valence-corrected chi connectivity index (χ1v) is 6.29. The van der Waals surface area contributed by atoms with Crippen molar-refractivity contribution in [1.29, 1.82) is 5.26 Å². The molecule has 0 amide bonds. The highest BCUT2D eigenvalue weighted by Crippen LogP contribution is 2.16. The number of anilines is 1.